The molecule has 0 aliphatic carbocycles. The quantitative estimate of drug-likeness (QED) is 0.749. The summed E-state index contributed by atoms with van der Waals surface area (Å²) >= 11 is 0. The van der Waals surface area contributed by atoms with Crippen LogP contribution in [0.4, 0.5) is 5.95 Å². The molecule has 4 rings (SSSR count). The molecule has 1 fully saturated rings. The molecule has 1 aliphatic rings. The van der Waals surface area contributed by atoms with E-state index in [0.717, 1.165) is 19.4 Å². The fraction of sp³-hybridized carbons (Fsp3) is 0.368. The van der Waals surface area contributed by atoms with E-state index in [-0.39, 0.29) is 17.5 Å². The number of aryl methyl sites for hydroxylation is 1. The van der Waals surface area contributed by atoms with Crippen LogP contribution in [0.2, 0.25) is 0 Å². The van der Waals surface area contributed by atoms with Gasteiger partial charge in [0.2, 0.25) is 5.95 Å². The summed E-state index contributed by atoms with van der Waals surface area (Å²) < 4.78 is 3.20. The topological polar surface area (TPSA) is 85.0 Å². The molecule has 0 bridgehead atoms. The SMILES string of the molecule is Cn1cc(C(=O)NC2CCCN(c3nc4ccccc4c(=O)n3C)C2)cn1. The Morgan fingerprint density at radius 2 is 2.07 bits per heavy atom. The van der Waals surface area contributed by atoms with E-state index in [0.29, 0.717) is 29.0 Å². The zero-order valence-corrected chi connectivity index (χ0v) is 15.4. The van der Waals surface area contributed by atoms with Crippen molar-refractivity contribution in [3.8, 4) is 0 Å². The molecule has 1 unspecified atom stereocenters. The van der Waals surface area contributed by atoms with Crippen molar-refractivity contribution in [2.75, 3.05) is 18.0 Å². The molecule has 0 radical (unpaired) electrons. The van der Waals surface area contributed by atoms with Crippen LogP contribution in [-0.4, -0.2) is 44.4 Å². The Hall–Kier alpha value is -3.16. The largest absolute Gasteiger partial charge is 0.347 e. The Balaban J connectivity index is 1.56. The van der Waals surface area contributed by atoms with Crippen LogP contribution < -0.4 is 15.8 Å². The second-order valence-electron chi connectivity index (χ2n) is 6.95. The van der Waals surface area contributed by atoms with Gasteiger partial charge in [0.1, 0.15) is 0 Å². The molecule has 0 spiro atoms. The van der Waals surface area contributed by atoms with Crippen molar-refractivity contribution in [3.05, 3.63) is 52.6 Å². The van der Waals surface area contributed by atoms with E-state index in [1.807, 2.05) is 18.2 Å². The van der Waals surface area contributed by atoms with Gasteiger partial charge in [-0.2, -0.15) is 5.10 Å². The normalized spacial score (nSPS) is 17.3. The second-order valence-corrected chi connectivity index (χ2v) is 6.95. The van der Waals surface area contributed by atoms with Crippen molar-refractivity contribution in [3.63, 3.8) is 0 Å². The summed E-state index contributed by atoms with van der Waals surface area (Å²) in [6.07, 6.45) is 5.07. The Bertz CT molecular complexity index is 1050. The molecule has 2 aromatic heterocycles. The lowest BCUT2D eigenvalue weighted by molar-refractivity contribution is 0.0933. The van der Waals surface area contributed by atoms with Crippen molar-refractivity contribution in [2.45, 2.75) is 18.9 Å². The maximum Gasteiger partial charge on any atom is 0.262 e. The number of rotatable bonds is 3. The van der Waals surface area contributed by atoms with Crippen molar-refractivity contribution >= 4 is 22.8 Å². The summed E-state index contributed by atoms with van der Waals surface area (Å²) in [4.78, 5) is 31.8. The van der Waals surface area contributed by atoms with Crippen LogP contribution in [0.25, 0.3) is 10.9 Å². The van der Waals surface area contributed by atoms with E-state index in [4.69, 9.17) is 4.98 Å². The van der Waals surface area contributed by atoms with Crippen molar-refractivity contribution < 1.29 is 4.79 Å². The van der Waals surface area contributed by atoms with Gasteiger partial charge in [-0.3, -0.25) is 18.8 Å². The molecular formula is C19H22N6O2. The van der Waals surface area contributed by atoms with Crippen LogP contribution in [0.3, 0.4) is 0 Å². The standard InChI is InChI=1S/C19H22N6O2/c1-23-11-13(10-20-23)17(26)21-14-6-5-9-25(12-14)19-22-16-8-4-3-7-15(16)18(27)24(19)2/h3-4,7-8,10-11,14H,5-6,9,12H2,1-2H3,(H,21,26). The van der Waals surface area contributed by atoms with Gasteiger partial charge >= 0.3 is 0 Å². The van der Waals surface area contributed by atoms with Gasteiger partial charge in [-0.15, -0.1) is 0 Å². The first-order valence-corrected chi connectivity index (χ1v) is 9.03. The van der Waals surface area contributed by atoms with E-state index in [1.165, 1.54) is 0 Å². The molecule has 0 saturated carbocycles. The second kappa shape index (κ2) is 6.86. The van der Waals surface area contributed by atoms with Crippen LogP contribution in [0, 0.1) is 0 Å². The van der Waals surface area contributed by atoms with Gasteiger partial charge in [-0.1, -0.05) is 12.1 Å². The molecule has 8 heteroatoms. The maximum absolute atomic E-state index is 12.7. The number of hydrogen-bond donors (Lipinski definition) is 1. The zero-order chi connectivity index (χ0) is 19.0. The number of nitrogens with zero attached hydrogens (tertiary/aromatic N) is 5. The fourth-order valence-corrected chi connectivity index (χ4v) is 3.57. The summed E-state index contributed by atoms with van der Waals surface area (Å²) in [7, 11) is 3.53. The first-order chi connectivity index (χ1) is 13.0. The van der Waals surface area contributed by atoms with E-state index < -0.39 is 0 Å². The van der Waals surface area contributed by atoms with Crippen molar-refractivity contribution in [1.82, 2.24) is 24.6 Å². The van der Waals surface area contributed by atoms with E-state index >= 15 is 0 Å². The number of carbonyl (C=O) groups is 1. The summed E-state index contributed by atoms with van der Waals surface area (Å²) in [6.45, 7) is 1.42. The van der Waals surface area contributed by atoms with Gasteiger partial charge in [0.05, 0.1) is 22.7 Å². The number of aromatic nitrogens is 4. The molecule has 3 heterocycles. The Morgan fingerprint density at radius 1 is 1.26 bits per heavy atom. The summed E-state index contributed by atoms with van der Waals surface area (Å²) in [5.41, 5.74) is 1.18. The highest BCUT2D eigenvalue weighted by Crippen LogP contribution is 2.19. The number of anilines is 1. The highest BCUT2D eigenvalue weighted by molar-refractivity contribution is 5.93. The Kier molecular flexibility index (Phi) is 4.39. The molecule has 1 atom stereocenters. The third-order valence-electron chi connectivity index (χ3n) is 4.97. The number of amides is 1. The minimum absolute atomic E-state index is 0.00479. The van der Waals surface area contributed by atoms with Gasteiger partial charge < -0.3 is 10.2 Å². The third kappa shape index (κ3) is 3.30. The smallest absolute Gasteiger partial charge is 0.262 e. The average Bonchev–Trinajstić information content (AvgIpc) is 3.11. The molecule has 140 valence electrons. The van der Waals surface area contributed by atoms with Gasteiger partial charge in [0.25, 0.3) is 11.5 Å². The van der Waals surface area contributed by atoms with Gasteiger partial charge in [-0.05, 0) is 25.0 Å². The number of carbonyl (C=O) groups excluding carboxylic acids is 1. The summed E-state index contributed by atoms with van der Waals surface area (Å²) in [5, 5.41) is 7.72. The van der Waals surface area contributed by atoms with Crippen LogP contribution in [0.5, 0.6) is 0 Å². The molecule has 27 heavy (non-hydrogen) atoms. The first-order valence-electron chi connectivity index (χ1n) is 9.03. The molecule has 1 aliphatic heterocycles. The van der Waals surface area contributed by atoms with Crippen LogP contribution in [-0.2, 0) is 14.1 Å². The number of fused-ring (bicyclic) bond motifs is 1. The van der Waals surface area contributed by atoms with Gasteiger partial charge in [-0.25, -0.2) is 4.98 Å². The summed E-state index contributed by atoms with van der Waals surface area (Å²) in [6, 6.07) is 7.37. The molecule has 1 N–H and O–H groups in total. The predicted molar refractivity (Wildman–Crippen MR) is 103 cm³/mol. The fourth-order valence-electron chi connectivity index (χ4n) is 3.57. The lowest BCUT2D eigenvalue weighted by atomic mass is 10.1. The number of para-hydroxylation sites is 1. The van der Waals surface area contributed by atoms with Crippen molar-refractivity contribution in [2.24, 2.45) is 14.1 Å². The minimum Gasteiger partial charge on any atom is -0.347 e. The zero-order valence-electron chi connectivity index (χ0n) is 15.4. The van der Waals surface area contributed by atoms with Crippen LogP contribution in [0.15, 0.2) is 41.5 Å². The lowest BCUT2D eigenvalue weighted by Crippen LogP contribution is -2.49. The highest BCUT2D eigenvalue weighted by Gasteiger charge is 2.25. The average molecular weight is 366 g/mol. The van der Waals surface area contributed by atoms with Crippen LogP contribution in [0.1, 0.15) is 23.2 Å². The molecule has 8 nitrogen and oxygen atoms in total. The number of piperidine rings is 1. The third-order valence-corrected chi connectivity index (χ3v) is 4.97. The predicted octanol–water partition coefficient (Wildman–Crippen LogP) is 1.07. The number of hydrogen-bond acceptors (Lipinski definition) is 5. The molecule has 3 aromatic rings. The molecule has 1 saturated heterocycles. The minimum atomic E-state index is -0.129. The van der Waals surface area contributed by atoms with E-state index in [2.05, 4.69) is 15.3 Å². The lowest BCUT2D eigenvalue weighted by Gasteiger charge is -2.34. The Morgan fingerprint density at radius 3 is 2.85 bits per heavy atom. The monoisotopic (exact) mass is 366 g/mol. The molecule has 1 amide bonds. The molecule has 1 aromatic carbocycles. The highest BCUT2D eigenvalue weighted by atomic mass is 16.2. The van der Waals surface area contributed by atoms with E-state index in [9.17, 15) is 9.59 Å². The van der Waals surface area contributed by atoms with E-state index in [1.54, 1.807) is 41.8 Å². The van der Waals surface area contributed by atoms with Crippen molar-refractivity contribution in [1.29, 1.82) is 0 Å². The number of benzene rings is 1. The molecular weight excluding hydrogens is 344 g/mol. The van der Waals surface area contributed by atoms with Gasteiger partial charge in [0.15, 0.2) is 0 Å². The Labute approximate surface area is 156 Å². The maximum atomic E-state index is 12.7. The van der Waals surface area contributed by atoms with Crippen LogP contribution >= 0.6 is 0 Å². The first kappa shape index (κ1) is 17.3. The summed E-state index contributed by atoms with van der Waals surface area (Å²) in [5.74, 6) is 0.509. The van der Waals surface area contributed by atoms with Gasteiger partial charge in [0, 0.05) is 39.4 Å². The number of nitrogens with one attached hydrogen (secondary N) is 1.